The van der Waals surface area contributed by atoms with E-state index in [4.69, 9.17) is 0 Å². The first-order chi connectivity index (χ1) is 14.3. The Bertz CT molecular complexity index is 987. The summed E-state index contributed by atoms with van der Waals surface area (Å²) in [5.74, 6) is 0. The van der Waals surface area contributed by atoms with Crippen molar-refractivity contribution >= 4 is 6.41 Å². The molecule has 3 aromatic rings. The highest BCUT2D eigenvalue weighted by Crippen LogP contribution is 2.22. The van der Waals surface area contributed by atoms with Crippen LogP contribution in [0.3, 0.4) is 0 Å². The van der Waals surface area contributed by atoms with E-state index in [2.05, 4.69) is 4.90 Å². The Kier molecular flexibility index (Phi) is 5.91. The van der Waals surface area contributed by atoms with Crippen LogP contribution in [0.5, 0.6) is 0 Å². The molecule has 0 aliphatic carbocycles. The number of piperazine rings is 1. The van der Waals surface area contributed by atoms with E-state index in [1.165, 1.54) is 0 Å². The Morgan fingerprint density at radius 3 is 2.14 bits per heavy atom. The number of hydrogen-bond acceptors (Lipinski definition) is 3. The molecule has 4 rings (SSSR count). The molecule has 1 fully saturated rings. The van der Waals surface area contributed by atoms with Crippen molar-refractivity contribution in [1.29, 1.82) is 0 Å². The van der Waals surface area contributed by atoms with Crippen molar-refractivity contribution in [3.63, 3.8) is 0 Å². The lowest BCUT2D eigenvalue weighted by molar-refractivity contribution is -0.119. The number of aromatic nitrogens is 2. The summed E-state index contributed by atoms with van der Waals surface area (Å²) >= 11 is 0. The van der Waals surface area contributed by atoms with E-state index < -0.39 is 0 Å². The van der Waals surface area contributed by atoms with Crippen molar-refractivity contribution in [2.24, 2.45) is 0 Å². The predicted molar refractivity (Wildman–Crippen MR) is 114 cm³/mol. The number of carbonyl (C=O) groups is 1. The molecule has 0 unspecified atom stereocenters. The summed E-state index contributed by atoms with van der Waals surface area (Å²) in [7, 11) is 0. The van der Waals surface area contributed by atoms with Gasteiger partial charge in [-0.15, -0.1) is 0 Å². The third-order valence-electron chi connectivity index (χ3n) is 5.45. The van der Waals surface area contributed by atoms with Crippen LogP contribution in [0.15, 0.2) is 71.5 Å². The van der Waals surface area contributed by atoms with Crippen molar-refractivity contribution in [2.75, 3.05) is 32.7 Å². The smallest absolute Gasteiger partial charge is 0.267 e. The highest BCUT2D eigenvalue weighted by molar-refractivity contribution is 5.61. The van der Waals surface area contributed by atoms with Gasteiger partial charge in [-0.2, -0.15) is 0 Å². The van der Waals surface area contributed by atoms with Crippen LogP contribution in [0.4, 0.5) is 0 Å². The van der Waals surface area contributed by atoms with Gasteiger partial charge >= 0.3 is 0 Å². The lowest BCUT2D eigenvalue weighted by Crippen LogP contribution is -2.46. The van der Waals surface area contributed by atoms with E-state index >= 15 is 0 Å². The van der Waals surface area contributed by atoms with Gasteiger partial charge in [0.2, 0.25) is 6.41 Å². The second-order valence-electron chi connectivity index (χ2n) is 7.34. The van der Waals surface area contributed by atoms with E-state index in [0.717, 1.165) is 62.5 Å². The van der Waals surface area contributed by atoms with Crippen LogP contribution in [0.25, 0.3) is 16.9 Å². The molecule has 6 nitrogen and oxygen atoms in total. The van der Waals surface area contributed by atoms with Gasteiger partial charge in [0.25, 0.3) is 5.56 Å². The molecule has 0 atom stereocenters. The second-order valence-corrected chi connectivity index (χ2v) is 7.34. The fraction of sp³-hybridized carbons (Fsp3) is 0.304. The van der Waals surface area contributed by atoms with Crippen molar-refractivity contribution in [3.8, 4) is 16.9 Å². The van der Waals surface area contributed by atoms with Gasteiger partial charge in [-0.25, -0.2) is 4.68 Å². The summed E-state index contributed by atoms with van der Waals surface area (Å²) in [6.07, 6.45) is 1.81. The van der Waals surface area contributed by atoms with Gasteiger partial charge in [0.05, 0.1) is 11.4 Å². The summed E-state index contributed by atoms with van der Waals surface area (Å²) in [5.41, 5.74) is 2.92. The zero-order valence-electron chi connectivity index (χ0n) is 16.5. The summed E-state index contributed by atoms with van der Waals surface area (Å²) in [6, 6.07) is 21.8. The van der Waals surface area contributed by atoms with E-state index in [1.807, 2.05) is 74.9 Å². The normalized spacial score (nSPS) is 14.8. The average molecular weight is 390 g/mol. The van der Waals surface area contributed by atoms with Crippen molar-refractivity contribution < 1.29 is 4.79 Å². The molecule has 0 spiro atoms. The number of carbonyl (C=O) groups excluding carboxylic acids is 1. The number of rotatable bonds is 7. The minimum Gasteiger partial charge on any atom is -0.343 e. The summed E-state index contributed by atoms with van der Waals surface area (Å²) in [6.45, 7) is 4.91. The molecule has 0 N–H and O–H groups in total. The molecule has 0 bridgehead atoms. The number of benzene rings is 2. The molecule has 150 valence electrons. The summed E-state index contributed by atoms with van der Waals surface area (Å²) in [4.78, 5) is 27.9. The topological polar surface area (TPSA) is 50.5 Å². The third-order valence-corrected chi connectivity index (χ3v) is 5.45. The molecule has 1 aromatic heterocycles. The van der Waals surface area contributed by atoms with Gasteiger partial charge in [-0.3, -0.25) is 19.2 Å². The van der Waals surface area contributed by atoms with Crippen LogP contribution in [-0.2, 0) is 11.3 Å². The van der Waals surface area contributed by atoms with Gasteiger partial charge in [-0.1, -0.05) is 48.5 Å². The molecule has 1 saturated heterocycles. The molecule has 2 aromatic carbocycles. The van der Waals surface area contributed by atoms with E-state index in [0.29, 0.717) is 6.54 Å². The Morgan fingerprint density at radius 1 is 0.828 bits per heavy atom. The Balaban J connectivity index is 1.56. The maximum Gasteiger partial charge on any atom is 0.267 e. The monoisotopic (exact) mass is 390 g/mol. The van der Waals surface area contributed by atoms with Crippen LogP contribution < -0.4 is 5.56 Å². The Labute approximate surface area is 170 Å². The third kappa shape index (κ3) is 4.32. The van der Waals surface area contributed by atoms with Gasteiger partial charge in [0.15, 0.2) is 0 Å². The van der Waals surface area contributed by atoms with Crippen LogP contribution in [-0.4, -0.2) is 58.3 Å². The molecule has 1 aliphatic rings. The highest BCUT2D eigenvalue weighted by atomic mass is 16.1. The molecule has 1 aliphatic heterocycles. The molecule has 6 heteroatoms. The summed E-state index contributed by atoms with van der Waals surface area (Å²) in [5, 5.41) is 0. The first kappa shape index (κ1) is 19.2. The van der Waals surface area contributed by atoms with Crippen molar-refractivity contribution in [3.05, 3.63) is 77.1 Å². The Morgan fingerprint density at radius 2 is 1.48 bits per heavy atom. The minimum atomic E-state index is 0.0125. The minimum absolute atomic E-state index is 0.0125. The quantitative estimate of drug-likeness (QED) is 0.583. The average Bonchev–Trinajstić information content (AvgIpc) is 3.12. The van der Waals surface area contributed by atoms with Crippen molar-refractivity contribution in [1.82, 2.24) is 19.2 Å². The maximum atomic E-state index is 12.9. The number of nitrogens with zero attached hydrogens (tertiary/aromatic N) is 4. The van der Waals surface area contributed by atoms with Crippen molar-refractivity contribution in [2.45, 2.75) is 13.0 Å². The van der Waals surface area contributed by atoms with Crippen LogP contribution >= 0.6 is 0 Å². The van der Waals surface area contributed by atoms with Crippen LogP contribution in [0.2, 0.25) is 0 Å². The molecular weight excluding hydrogens is 364 g/mol. The van der Waals surface area contributed by atoms with E-state index in [1.54, 1.807) is 6.07 Å². The van der Waals surface area contributed by atoms with E-state index in [9.17, 15) is 9.59 Å². The Hall–Kier alpha value is -3.12. The molecular formula is C23H26N4O2. The molecule has 29 heavy (non-hydrogen) atoms. The predicted octanol–water partition coefficient (Wildman–Crippen LogP) is 2.47. The number of para-hydroxylation sites is 1. The fourth-order valence-electron chi connectivity index (χ4n) is 3.89. The largest absolute Gasteiger partial charge is 0.343 e. The van der Waals surface area contributed by atoms with Gasteiger partial charge in [0.1, 0.15) is 0 Å². The first-order valence-corrected chi connectivity index (χ1v) is 10.1. The second kappa shape index (κ2) is 8.92. The highest BCUT2D eigenvalue weighted by Gasteiger charge is 2.17. The van der Waals surface area contributed by atoms with E-state index in [-0.39, 0.29) is 5.56 Å². The molecule has 0 saturated carbocycles. The zero-order chi connectivity index (χ0) is 20.1. The standard InChI is InChI=1S/C23H26N4O2/c28-19-25-16-14-24(15-17-25)12-7-13-26-23(29)18-22(20-8-3-1-4-9-20)27(26)21-10-5-2-6-11-21/h1-6,8-11,18-19H,7,12-17H2. The molecule has 2 heterocycles. The van der Waals surface area contributed by atoms with Crippen LogP contribution in [0.1, 0.15) is 6.42 Å². The number of hydrogen-bond donors (Lipinski definition) is 0. The van der Waals surface area contributed by atoms with Crippen LogP contribution in [0, 0.1) is 0 Å². The SMILES string of the molecule is O=CN1CCN(CCCn2c(=O)cc(-c3ccccc3)n2-c2ccccc2)CC1. The fourth-order valence-corrected chi connectivity index (χ4v) is 3.89. The summed E-state index contributed by atoms with van der Waals surface area (Å²) < 4.78 is 3.86. The zero-order valence-corrected chi connectivity index (χ0v) is 16.5. The first-order valence-electron chi connectivity index (χ1n) is 10.1. The molecule has 0 radical (unpaired) electrons. The van der Waals surface area contributed by atoms with Gasteiger partial charge < -0.3 is 4.90 Å². The molecule has 1 amide bonds. The van der Waals surface area contributed by atoms with Gasteiger partial charge in [-0.05, 0) is 18.6 Å². The lowest BCUT2D eigenvalue weighted by atomic mass is 10.1. The lowest BCUT2D eigenvalue weighted by Gasteiger charge is -2.32. The maximum absolute atomic E-state index is 12.9. The van der Waals surface area contributed by atoms with Gasteiger partial charge in [0, 0.05) is 50.9 Å². The number of amides is 1.